The molecule has 74 valence electrons. The summed E-state index contributed by atoms with van der Waals surface area (Å²) in [6.45, 7) is 0. The Kier molecular flexibility index (Phi) is 3.92. The average Bonchev–Trinajstić information content (AvgIpc) is 2.18. The highest BCUT2D eigenvalue weighted by Gasteiger charge is 2.10. The fourth-order valence-corrected chi connectivity index (χ4v) is 0.996. The summed E-state index contributed by atoms with van der Waals surface area (Å²) in [6.07, 6.45) is 0.689. The Labute approximate surface area is 91.0 Å². The second-order valence-electron chi connectivity index (χ2n) is 2.53. The minimum atomic E-state index is -1.12. The quantitative estimate of drug-likeness (QED) is 0.641. The number of aldehydes is 1. The highest BCUT2D eigenvalue weighted by atomic mass is 35.5. The Hall–Kier alpha value is -1.06. The van der Waals surface area contributed by atoms with Gasteiger partial charge in [-0.3, -0.25) is 9.59 Å². The van der Waals surface area contributed by atoms with Crippen molar-refractivity contribution in [1.82, 2.24) is 0 Å². The molecule has 0 aromatic heterocycles. The van der Waals surface area contributed by atoms with Crippen LogP contribution in [0, 0.1) is 0 Å². The molecule has 14 heavy (non-hydrogen) atoms. The zero-order valence-corrected chi connectivity index (χ0v) is 8.55. The molecule has 0 aliphatic rings. The van der Waals surface area contributed by atoms with E-state index < -0.39 is 10.7 Å². The van der Waals surface area contributed by atoms with Gasteiger partial charge in [-0.1, -0.05) is 35.3 Å². The molecule has 1 aromatic carbocycles. The van der Waals surface area contributed by atoms with E-state index in [-0.39, 0.29) is 0 Å². The van der Waals surface area contributed by atoms with Gasteiger partial charge in [0.25, 0.3) is 5.91 Å². The van der Waals surface area contributed by atoms with Crippen LogP contribution in [0.1, 0.15) is 10.4 Å². The van der Waals surface area contributed by atoms with Crippen molar-refractivity contribution in [2.75, 3.05) is 5.32 Å². The van der Waals surface area contributed by atoms with Gasteiger partial charge >= 0.3 is 0 Å². The fraction of sp³-hybridized carbons (Fsp3) is 0.111. The Morgan fingerprint density at radius 3 is 2.71 bits per heavy atom. The number of amides is 1. The maximum Gasteiger partial charge on any atom is 0.257 e. The van der Waals surface area contributed by atoms with Crippen LogP contribution in [-0.2, 0) is 4.79 Å². The topological polar surface area (TPSA) is 46.2 Å². The molecular formula is C9H7Cl2NO2. The lowest BCUT2D eigenvalue weighted by Crippen LogP contribution is -2.18. The molecule has 0 heterocycles. The third-order valence-electron chi connectivity index (χ3n) is 1.49. The second-order valence-corrected chi connectivity index (χ2v) is 3.63. The number of hydrogen-bond acceptors (Lipinski definition) is 2. The maximum absolute atomic E-state index is 11.0. The van der Waals surface area contributed by atoms with Crippen LogP contribution in [0.15, 0.2) is 24.3 Å². The third-order valence-corrected chi connectivity index (χ3v) is 1.88. The van der Waals surface area contributed by atoms with Gasteiger partial charge in [0.1, 0.15) is 6.29 Å². The van der Waals surface area contributed by atoms with E-state index in [0.717, 1.165) is 0 Å². The number of carbonyl (C=O) groups excluding carboxylic acids is 2. The molecule has 1 rings (SSSR count). The van der Waals surface area contributed by atoms with E-state index in [2.05, 4.69) is 5.32 Å². The normalized spacial score (nSPS) is 9.93. The molecule has 0 saturated carbocycles. The van der Waals surface area contributed by atoms with Gasteiger partial charge in [0.05, 0.1) is 0 Å². The minimum Gasteiger partial charge on any atom is -0.324 e. The summed E-state index contributed by atoms with van der Waals surface area (Å²) in [5.74, 6) is -0.517. The molecule has 0 unspecified atom stereocenters. The van der Waals surface area contributed by atoms with Gasteiger partial charge in [-0.05, 0) is 12.1 Å². The van der Waals surface area contributed by atoms with Crippen LogP contribution >= 0.6 is 23.2 Å². The smallest absolute Gasteiger partial charge is 0.257 e. The van der Waals surface area contributed by atoms with Gasteiger partial charge in [0.2, 0.25) is 0 Å². The lowest BCUT2D eigenvalue weighted by molar-refractivity contribution is -0.114. The molecule has 0 saturated heterocycles. The fourth-order valence-electron chi connectivity index (χ4n) is 0.887. The molecule has 0 atom stereocenters. The highest BCUT2D eigenvalue weighted by molar-refractivity contribution is 6.54. The van der Waals surface area contributed by atoms with Crippen molar-refractivity contribution >= 4 is 41.1 Å². The van der Waals surface area contributed by atoms with Crippen LogP contribution in [-0.4, -0.2) is 17.0 Å². The standard InChI is InChI=1S/C9H7Cl2NO2/c10-8(11)9(14)12-7-3-1-2-6(4-7)5-13/h1-5,8H,(H,12,14). The lowest BCUT2D eigenvalue weighted by atomic mass is 10.2. The van der Waals surface area contributed by atoms with E-state index >= 15 is 0 Å². The van der Waals surface area contributed by atoms with Crippen molar-refractivity contribution < 1.29 is 9.59 Å². The van der Waals surface area contributed by atoms with Crippen LogP contribution in [0.3, 0.4) is 0 Å². The first kappa shape index (κ1) is 11.0. The first-order valence-electron chi connectivity index (χ1n) is 3.77. The number of alkyl halides is 2. The zero-order chi connectivity index (χ0) is 10.6. The predicted molar refractivity (Wildman–Crippen MR) is 56.0 cm³/mol. The summed E-state index contributed by atoms with van der Waals surface area (Å²) in [7, 11) is 0. The summed E-state index contributed by atoms with van der Waals surface area (Å²) in [5.41, 5.74) is 0.967. The van der Waals surface area contributed by atoms with E-state index in [0.29, 0.717) is 17.5 Å². The summed E-state index contributed by atoms with van der Waals surface area (Å²) in [4.78, 5) is 20.3. The van der Waals surface area contributed by atoms with E-state index in [9.17, 15) is 9.59 Å². The molecule has 3 nitrogen and oxygen atoms in total. The van der Waals surface area contributed by atoms with Crippen LogP contribution in [0.4, 0.5) is 5.69 Å². The van der Waals surface area contributed by atoms with E-state index in [1.54, 1.807) is 18.2 Å². The van der Waals surface area contributed by atoms with Gasteiger partial charge in [0.15, 0.2) is 4.84 Å². The summed E-state index contributed by atoms with van der Waals surface area (Å²) in [6, 6.07) is 6.44. The van der Waals surface area contributed by atoms with Crippen molar-refractivity contribution in [3.05, 3.63) is 29.8 Å². The van der Waals surface area contributed by atoms with Gasteiger partial charge in [-0.25, -0.2) is 0 Å². The van der Waals surface area contributed by atoms with Gasteiger partial charge in [-0.2, -0.15) is 0 Å². The Bertz CT molecular complexity index is 352. The molecule has 1 amide bonds. The van der Waals surface area contributed by atoms with Gasteiger partial charge in [-0.15, -0.1) is 0 Å². The molecule has 0 bridgehead atoms. The lowest BCUT2D eigenvalue weighted by Gasteiger charge is -2.05. The zero-order valence-electron chi connectivity index (χ0n) is 7.04. The van der Waals surface area contributed by atoms with Crippen LogP contribution in [0.5, 0.6) is 0 Å². The average molecular weight is 232 g/mol. The van der Waals surface area contributed by atoms with Crippen LogP contribution < -0.4 is 5.32 Å². The van der Waals surface area contributed by atoms with Crippen molar-refractivity contribution in [2.24, 2.45) is 0 Å². The largest absolute Gasteiger partial charge is 0.324 e. The molecular weight excluding hydrogens is 225 g/mol. The Morgan fingerprint density at radius 2 is 2.14 bits per heavy atom. The number of benzene rings is 1. The van der Waals surface area contributed by atoms with E-state index in [1.165, 1.54) is 6.07 Å². The molecule has 1 N–H and O–H groups in total. The summed E-state index contributed by atoms with van der Waals surface area (Å²) >= 11 is 10.7. The monoisotopic (exact) mass is 231 g/mol. The number of rotatable bonds is 3. The highest BCUT2D eigenvalue weighted by Crippen LogP contribution is 2.11. The molecule has 0 spiro atoms. The Morgan fingerprint density at radius 1 is 1.43 bits per heavy atom. The van der Waals surface area contributed by atoms with Gasteiger partial charge in [0, 0.05) is 11.3 Å². The van der Waals surface area contributed by atoms with E-state index in [1.807, 2.05) is 0 Å². The van der Waals surface area contributed by atoms with Crippen molar-refractivity contribution in [2.45, 2.75) is 4.84 Å². The molecule has 1 aromatic rings. The summed E-state index contributed by atoms with van der Waals surface area (Å²) < 4.78 is 0. The van der Waals surface area contributed by atoms with Crippen LogP contribution in [0.25, 0.3) is 0 Å². The first-order valence-corrected chi connectivity index (χ1v) is 4.65. The minimum absolute atomic E-state index is 0.475. The Balaban J connectivity index is 2.76. The van der Waals surface area contributed by atoms with Crippen molar-refractivity contribution in [1.29, 1.82) is 0 Å². The molecule has 0 aliphatic carbocycles. The summed E-state index contributed by atoms with van der Waals surface area (Å²) in [5, 5.41) is 2.45. The number of hydrogen-bond donors (Lipinski definition) is 1. The molecule has 0 aliphatic heterocycles. The van der Waals surface area contributed by atoms with Gasteiger partial charge < -0.3 is 5.32 Å². The second kappa shape index (κ2) is 4.98. The SMILES string of the molecule is O=Cc1cccc(NC(=O)C(Cl)Cl)c1. The maximum atomic E-state index is 11.0. The van der Waals surface area contributed by atoms with Crippen molar-refractivity contribution in [3.63, 3.8) is 0 Å². The first-order chi connectivity index (χ1) is 6.63. The molecule has 5 heteroatoms. The predicted octanol–water partition coefficient (Wildman–Crippen LogP) is 2.24. The van der Waals surface area contributed by atoms with Crippen LogP contribution in [0.2, 0.25) is 0 Å². The van der Waals surface area contributed by atoms with E-state index in [4.69, 9.17) is 23.2 Å². The number of anilines is 1. The number of nitrogens with one attached hydrogen (secondary N) is 1. The molecule has 0 radical (unpaired) electrons. The molecule has 0 fully saturated rings. The third kappa shape index (κ3) is 3.01. The van der Waals surface area contributed by atoms with Crippen molar-refractivity contribution in [3.8, 4) is 0 Å². The number of carbonyl (C=O) groups is 2. The number of halogens is 2.